The van der Waals surface area contributed by atoms with Crippen molar-refractivity contribution in [1.29, 1.82) is 0 Å². The van der Waals surface area contributed by atoms with Gasteiger partial charge in [0, 0.05) is 5.41 Å². The lowest BCUT2D eigenvalue weighted by molar-refractivity contribution is 0.468. The van der Waals surface area contributed by atoms with Gasteiger partial charge in [-0.1, -0.05) is 54.8 Å². The maximum atomic E-state index is 9.79. The van der Waals surface area contributed by atoms with Gasteiger partial charge in [-0.2, -0.15) is 0 Å². The summed E-state index contributed by atoms with van der Waals surface area (Å²) in [6.07, 6.45) is 4.99. The van der Waals surface area contributed by atoms with E-state index in [1.807, 2.05) is 13.0 Å². The zero-order valence-corrected chi connectivity index (χ0v) is 12.3. The van der Waals surface area contributed by atoms with Crippen LogP contribution in [0.2, 0.25) is 0 Å². The van der Waals surface area contributed by atoms with E-state index in [1.165, 1.54) is 42.4 Å². The van der Waals surface area contributed by atoms with Crippen molar-refractivity contribution in [2.45, 2.75) is 44.9 Å². The lowest BCUT2D eigenvalue weighted by Gasteiger charge is -2.31. The Labute approximate surface area is 121 Å². The fraction of sp³-hybridized carbons (Fsp3) is 0.368. The molecule has 0 aromatic heterocycles. The van der Waals surface area contributed by atoms with Gasteiger partial charge in [0.25, 0.3) is 0 Å². The number of phenols is 1. The summed E-state index contributed by atoms with van der Waals surface area (Å²) in [5.41, 5.74) is 5.23. The Morgan fingerprint density at radius 2 is 1.60 bits per heavy atom. The quantitative estimate of drug-likeness (QED) is 0.822. The molecule has 3 rings (SSSR count). The molecule has 2 aromatic rings. The molecule has 0 amide bonds. The molecule has 1 aliphatic carbocycles. The summed E-state index contributed by atoms with van der Waals surface area (Å²) < 4.78 is 0. The average Bonchev–Trinajstić information content (AvgIpc) is 2.92. The highest BCUT2D eigenvalue weighted by Crippen LogP contribution is 2.47. The molecule has 0 spiro atoms. The summed E-state index contributed by atoms with van der Waals surface area (Å²) in [4.78, 5) is 0. The van der Waals surface area contributed by atoms with Gasteiger partial charge in [0.1, 0.15) is 5.75 Å². The van der Waals surface area contributed by atoms with E-state index >= 15 is 0 Å². The summed E-state index contributed by atoms with van der Waals surface area (Å²) in [6.45, 7) is 4.14. The normalized spacial score (nSPS) is 17.3. The number of rotatable bonds is 2. The molecule has 0 atom stereocenters. The third kappa shape index (κ3) is 2.11. The third-order valence-corrected chi connectivity index (χ3v) is 4.78. The molecule has 0 unspecified atom stereocenters. The minimum atomic E-state index is 0.143. The van der Waals surface area contributed by atoms with Crippen LogP contribution in [-0.4, -0.2) is 5.11 Å². The van der Waals surface area contributed by atoms with Crippen LogP contribution < -0.4 is 0 Å². The van der Waals surface area contributed by atoms with Crippen LogP contribution in [0.25, 0.3) is 0 Å². The Kier molecular flexibility index (Phi) is 3.29. The van der Waals surface area contributed by atoms with E-state index in [1.54, 1.807) is 0 Å². The molecule has 1 aliphatic rings. The molecule has 0 aliphatic heterocycles. The van der Waals surface area contributed by atoms with Crippen molar-refractivity contribution in [3.8, 4) is 5.75 Å². The van der Waals surface area contributed by atoms with Gasteiger partial charge in [-0.25, -0.2) is 0 Å². The maximum absolute atomic E-state index is 9.79. The smallest absolute Gasteiger partial charge is 0.118 e. The molecule has 2 aromatic carbocycles. The lowest BCUT2D eigenvalue weighted by atomic mass is 9.72. The minimum absolute atomic E-state index is 0.143. The summed E-state index contributed by atoms with van der Waals surface area (Å²) in [5, 5.41) is 9.79. The van der Waals surface area contributed by atoms with Crippen molar-refractivity contribution in [1.82, 2.24) is 0 Å². The Bertz CT molecular complexity index is 621. The highest BCUT2D eigenvalue weighted by molar-refractivity contribution is 5.46. The highest BCUT2D eigenvalue weighted by Gasteiger charge is 2.37. The Balaban J connectivity index is 2.14. The van der Waals surface area contributed by atoms with E-state index in [2.05, 4.69) is 43.3 Å². The largest absolute Gasteiger partial charge is 0.508 e. The van der Waals surface area contributed by atoms with Crippen molar-refractivity contribution in [2.75, 3.05) is 0 Å². The molecule has 1 saturated carbocycles. The first kappa shape index (κ1) is 13.2. The van der Waals surface area contributed by atoms with Gasteiger partial charge < -0.3 is 5.11 Å². The summed E-state index contributed by atoms with van der Waals surface area (Å²) >= 11 is 0. The van der Waals surface area contributed by atoms with Gasteiger partial charge >= 0.3 is 0 Å². The molecule has 0 heterocycles. The van der Waals surface area contributed by atoms with Crippen LogP contribution >= 0.6 is 0 Å². The first-order valence-electron chi connectivity index (χ1n) is 7.49. The summed E-state index contributed by atoms with van der Waals surface area (Å²) in [7, 11) is 0. The van der Waals surface area contributed by atoms with Gasteiger partial charge in [0.15, 0.2) is 0 Å². The summed E-state index contributed by atoms with van der Waals surface area (Å²) in [6, 6.07) is 15.0. The van der Waals surface area contributed by atoms with Crippen molar-refractivity contribution < 1.29 is 5.11 Å². The van der Waals surface area contributed by atoms with Crippen molar-refractivity contribution in [3.05, 3.63) is 64.7 Å². The molecule has 1 nitrogen and oxygen atoms in total. The van der Waals surface area contributed by atoms with Crippen LogP contribution in [-0.2, 0) is 5.41 Å². The average molecular weight is 266 g/mol. The van der Waals surface area contributed by atoms with Gasteiger partial charge in [0.05, 0.1) is 0 Å². The second-order valence-electron chi connectivity index (χ2n) is 6.16. The van der Waals surface area contributed by atoms with E-state index in [-0.39, 0.29) is 5.41 Å². The Hall–Kier alpha value is -1.76. The van der Waals surface area contributed by atoms with E-state index in [0.717, 1.165) is 5.56 Å². The Morgan fingerprint density at radius 1 is 0.900 bits per heavy atom. The minimum Gasteiger partial charge on any atom is -0.508 e. The van der Waals surface area contributed by atoms with Gasteiger partial charge in [0.2, 0.25) is 0 Å². The lowest BCUT2D eigenvalue weighted by Crippen LogP contribution is -2.23. The topological polar surface area (TPSA) is 20.2 Å². The van der Waals surface area contributed by atoms with Crippen LogP contribution in [0.15, 0.2) is 42.5 Å². The molecule has 1 N–H and O–H groups in total. The second-order valence-corrected chi connectivity index (χ2v) is 6.16. The zero-order chi connectivity index (χ0) is 14.2. The molecule has 104 valence electrons. The van der Waals surface area contributed by atoms with Crippen molar-refractivity contribution in [3.63, 3.8) is 0 Å². The molecule has 0 saturated heterocycles. The van der Waals surface area contributed by atoms with E-state index in [4.69, 9.17) is 0 Å². The molecular formula is C19H22O. The van der Waals surface area contributed by atoms with Crippen LogP contribution in [0, 0.1) is 13.8 Å². The highest BCUT2D eigenvalue weighted by atomic mass is 16.3. The zero-order valence-electron chi connectivity index (χ0n) is 12.3. The Morgan fingerprint density at radius 3 is 2.25 bits per heavy atom. The standard InChI is InChI=1S/C19H22O/c1-14-6-5-7-16(12-14)19(10-3-4-11-19)17-8-9-18(20)15(2)13-17/h5-9,12-13,20H,3-4,10-11H2,1-2H3. The van der Waals surface area contributed by atoms with E-state index < -0.39 is 0 Å². The third-order valence-electron chi connectivity index (χ3n) is 4.78. The van der Waals surface area contributed by atoms with E-state index in [9.17, 15) is 5.11 Å². The maximum Gasteiger partial charge on any atom is 0.118 e. The molecule has 0 radical (unpaired) electrons. The van der Waals surface area contributed by atoms with Gasteiger partial charge in [-0.05, 0) is 49.4 Å². The first-order valence-corrected chi connectivity index (χ1v) is 7.49. The monoisotopic (exact) mass is 266 g/mol. The van der Waals surface area contributed by atoms with Gasteiger partial charge in [-0.15, -0.1) is 0 Å². The number of phenolic OH excluding ortho intramolecular Hbond substituents is 1. The fourth-order valence-electron chi connectivity index (χ4n) is 3.62. The summed E-state index contributed by atoms with van der Waals surface area (Å²) in [5.74, 6) is 0.395. The van der Waals surface area contributed by atoms with Crippen molar-refractivity contribution in [2.24, 2.45) is 0 Å². The van der Waals surface area contributed by atoms with Crippen LogP contribution in [0.4, 0.5) is 0 Å². The fourth-order valence-corrected chi connectivity index (χ4v) is 3.62. The number of aryl methyl sites for hydroxylation is 2. The predicted molar refractivity (Wildman–Crippen MR) is 83.3 cm³/mol. The molecule has 1 fully saturated rings. The van der Waals surface area contributed by atoms with Crippen LogP contribution in [0.1, 0.15) is 47.9 Å². The number of benzene rings is 2. The second kappa shape index (κ2) is 4.97. The first-order chi connectivity index (χ1) is 9.62. The molecular weight excluding hydrogens is 244 g/mol. The molecule has 0 bridgehead atoms. The van der Waals surface area contributed by atoms with Crippen LogP contribution in [0.5, 0.6) is 5.75 Å². The number of hydrogen-bond donors (Lipinski definition) is 1. The number of hydrogen-bond acceptors (Lipinski definition) is 1. The molecule has 20 heavy (non-hydrogen) atoms. The van der Waals surface area contributed by atoms with Crippen LogP contribution in [0.3, 0.4) is 0 Å². The number of aromatic hydroxyl groups is 1. The SMILES string of the molecule is Cc1cccc(C2(c3ccc(O)c(C)c3)CCCC2)c1. The van der Waals surface area contributed by atoms with E-state index in [0.29, 0.717) is 5.75 Å². The van der Waals surface area contributed by atoms with Crippen molar-refractivity contribution >= 4 is 0 Å². The van der Waals surface area contributed by atoms with Gasteiger partial charge in [-0.3, -0.25) is 0 Å². The predicted octanol–water partition coefficient (Wildman–Crippen LogP) is 4.87. The molecule has 1 heteroatoms.